The lowest BCUT2D eigenvalue weighted by atomic mass is 9.84. The fourth-order valence-corrected chi connectivity index (χ4v) is 3.31. The lowest BCUT2D eigenvalue weighted by Crippen LogP contribution is -2.42. The fourth-order valence-electron chi connectivity index (χ4n) is 3.20. The second kappa shape index (κ2) is 8.45. The predicted molar refractivity (Wildman–Crippen MR) is 94.4 cm³/mol. The molecule has 136 valence electrons. The number of carboxylic acid groups (broad SMARTS) is 1. The molecule has 2 atom stereocenters. The highest BCUT2D eigenvalue weighted by Gasteiger charge is 2.37. The molecule has 1 aromatic heterocycles. The third-order valence-electron chi connectivity index (χ3n) is 4.54. The van der Waals surface area contributed by atoms with E-state index in [1.165, 1.54) is 11.1 Å². The van der Waals surface area contributed by atoms with Gasteiger partial charge in [-0.05, 0) is 25.0 Å². The summed E-state index contributed by atoms with van der Waals surface area (Å²) in [5.41, 5.74) is 1.35. The van der Waals surface area contributed by atoms with E-state index < -0.39 is 11.9 Å². The minimum absolute atomic E-state index is 0.0881. The summed E-state index contributed by atoms with van der Waals surface area (Å²) in [6.07, 6.45) is 3.23. The maximum absolute atomic E-state index is 12.7. The zero-order valence-corrected chi connectivity index (χ0v) is 15.4. The minimum atomic E-state index is -1.03. The molecule has 2 rings (SSSR count). The lowest BCUT2D eigenvalue weighted by molar-refractivity contribution is -0.135. The van der Waals surface area contributed by atoms with Gasteiger partial charge in [-0.3, -0.25) is 4.79 Å². The molecule has 1 aromatic rings. The fraction of sp³-hybridized carbons (Fsp3) is 0.500. The van der Waals surface area contributed by atoms with Gasteiger partial charge >= 0.3 is 5.97 Å². The quantitative estimate of drug-likeness (QED) is 0.749. The van der Waals surface area contributed by atoms with E-state index in [1.54, 1.807) is 26.2 Å². The molecule has 0 radical (unpaired) electrons. The number of halogens is 1. The third-order valence-corrected chi connectivity index (χ3v) is 4.76. The van der Waals surface area contributed by atoms with Gasteiger partial charge in [-0.2, -0.15) is 0 Å². The molecular weight excluding hydrogens is 344 g/mol. The van der Waals surface area contributed by atoms with E-state index in [-0.39, 0.29) is 24.0 Å². The zero-order chi connectivity index (χ0) is 18.6. The molecule has 2 heterocycles. The third kappa shape index (κ3) is 4.38. The average Bonchev–Trinajstić information content (AvgIpc) is 2.57. The van der Waals surface area contributed by atoms with Gasteiger partial charge in [0.1, 0.15) is 5.15 Å². The summed E-state index contributed by atoms with van der Waals surface area (Å²) in [6.45, 7) is 4.08. The number of rotatable bonds is 7. The van der Waals surface area contributed by atoms with Crippen LogP contribution in [0.2, 0.25) is 5.15 Å². The van der Waals surface area contributed by atoms with Crippen LogP contribution in [0, 0.1) is 0 Å². The molecule has 0 aliphatic carbocycles. The molecule has 1 aliphatic heterocycles. The van der Waals surface area contributed by atoms with E-state index in [2.05, 4.69) is 4.98 Å². The van der Waals surface area contributed by atoms with Crippen molar-refractivity contribution in [3.8, 4) is 0 Å². The molecule has 0 bridgehead atoms. The van der Waals surface area contributed by atoms with Crippen LogP contribution in [0.25, 0.3) is 0 Å². The number of pyridine rings is 1. The van der Waals surface area contributed by atoms with Crippen LogP contribution in [0.1, 0.15) is 44.6 Å². The van der Waals surface area contributed by atoms with Gasteiger partial charge in [-0.25, -0.2) is 9.78 Å². The SMILES string of the molecule is CCCC(CN1C(=O)C[C@H](c2ccc(Cl)nc2)C(C(=O)O)=C1C)OC. The van der Waals surface area contributed by atoms with Gasteiger partial charge in [0.05, 0.1) is 18.2 Å². The topological polar surface area (TPSA) is 79.7 Å². The molecule has 0 saturated heterocycles. The first-order chi connectivity index (χ1) is 11.9. The number of methoxy groups -OCH3 is 1. The van der Waals surface area contributed by atoms with Crippen LogP contribution in [-0.2, 0) is 14.3 Å². The van der Waals surface area contributed by atoms with E-state index in [0.29, 0.717) is 23.0 Å². The van der Waals surface area contributed by atoms with E-state index >= 15 is 0 Å². The summed E-state index contributed by atoms with van der Waals surface area (Å²) in [5.74, 6) is -1.67. The molecule has 0 aromatic carbocycles. The molecule has 1 N–H and O–H groups in total. The van der Waals surface area contributed by atoms with Gasteiger partial charge in [0.25, 0.3) is 0 Å². The lowest BCUT2D eigenvalue weighted by Gasteiger charge is -2.35. The normalized spacial score (nSPS) is 19.3. The monoisotopic (exact) mass is 366 g/mol. The number of carboxylic acids is 1. The molecule has 0 saturated carbocycles. The standard InChI is InChI=1S/C18H23ClN2O4/c1-4-5-13(25-3)10-21-11(2)17(18(23)24)14(8-16(21)22)12-6-7-15(19)20-9-12/h6-7,9,13-14H,4-5,8,10H2,1-3H3,(H,23,24)/t13?,14-/m1/s1. The van der Waals surface area contributed by atoms with Crippen molar-refractivity contribution in [2.24, 2.45) is 0 Å². The number of nitrogens with zero attached hydrogens (tertiary/aromatic N) is 2. The first-order valence-corrected chi connectivity index (χ1v) is 8.65. The van der Waals surface area contributed by atoms with E-state index in [4.69, 9.17) is 16.3 Å². The molecule has 0 spiro atoms. The average molecular weight is 367 g/mol. The van der Waals surface area contributed by atoms with Gasteiger partial charge in [-0.1, -0.05) is 31.0 Å². The van der Waals surface area contributed by atoms with E-state index in [0.717, 1.165) is 12.8 Å². The Bertz CT molecular complexity index is 672. The number of hydrogen-bond donors (Lipinski definition) is 1. The Morgan fingerprint density at radius 1 is 1.52 bits per heavy atom. The number of ether oxygens (including phenoxy) is 1. The predicted octanol–water partition coefficient (Wildman–Crippen LogP) is 3.22. The molecule has 6 nitrogen and oxygen atoms in total. The maximum atomic E-state index is 12.7. The van der Waals surface area contributed by atoms with Gasteiger partial charge in [0, 0.05) is 31.3 Å². The van der Waals surface area contributed by atoms with Crippen LogP contribution >= 0.6 is 11.6 Å². The van der Waals surface area contributed by atoms with Crippen LogP contribution in [0.3, 0.4) is 0 Å². The zero-order valence-electron chi connectivity index (χ0n) is 14.7. The summed E-state index contributed by atoms with van der Waals surface area (Å²) < 4.78 is 5.42. The Kier molecular flexibility index (Phi) is 6.56. The van der Waals surface area contributed by atoms with Crippen molar-refractivity contribution in [3.05, 3.63) is 40.3 Å². The smallest absolute Gasteiger partial charge is 0.333 e. The molecule has 1 amide bonds. The second-order valence-corrected chi connectivity index (χ2v) is 6.51. The van der Waals surface area contributed by atoms with Crippen LogP contribution in [0.15, 0.2) is 29.6 Å². The first kappa shape index (κ1) is 19.4. The van der Waals surface area contributed by atoms with E-state index in [1.807, 2.05) is 6.92 Å². The van der Waals surface area contributed by atoms with Crippen molar-refractivity contribution in [1.29, 1.82) is 0 Å². The Morgan fingerprint density at radius 2 is 2.24 bits per heavy atom. The van der Waals surface area contributed by atoms with Crippen molar-refractivity contribution < 1.29 is 19.4 Å². The minimum Gasteiger partial charge on any atom is -0.478 e. The largest absolute Gasteiger partial charge is 0.478 e. The molecule has 25 heavy (non-hydrogen) atoms. The highest BCUT2D eigenvalue weighted by Crippen LogP contribution is 2.36. The molecular formula is C18H23ClN2O4. The second-order valence-electron chi connectivity index (χ2n) is 6.13. The molecule has 7 heteroatoms. The highest BCUT2D eigenvalue weighted by molar-refractivity contribution is 6.29. The van der Waals surface area contributed by atoms with Crippen LogP contribution < -0.4 is 0 Å². The number of allylic oxidation sites excluding steroid dienone is 1. The summed E-state index contributed by atoms with van der Waals surface area (Å²) in [4.78, 5) is 30.1. The Labute approximate surface area is 152 Å². The summed E-state index contributed by atoms with van der Waals surface area (Å²) in [5, 5.41) is 10.0. The van der Waals surface area contributed by atoms with Crippen LogP contribution in [-0.4, -0.2) is 46.6 Å². The number of aromatic nitrogens is 1. The van der Waals surface area contributed by atoms with Crippen LogP contribution in [0.4, 0.5) is 0 Å². The van der Waals surface area contributed by atoms with Crippen molar-refractivity contribution in [1.82, 2.24) is 9.88 Å². The van der Waals surface area contributed by atoms with Crippen molar-refractivity contribution in [2.45, 2.75) is 45.1 Å². The number of hydrogen-bond acceptors (Lipinski definition) is 4. The molecule has 1 unspecified atom stereocenters. The number of aliphatic carboxylic acids is 1. The highest BCUT2D eigenvalue weighted by atomic mass is 35.5. The van der Waals surface area contributed by atoms with Crippen LogP contribution in [0.5, 0.6) is 0 Å². The number of carbonyl (C=O) groups is 2. The van der Waals surface area contributed by atoms with Crippen molar-refractivity contribution >= 4 is 23.5 Å². The Hall–Kier alpha value is -1.92. The van der Waals surface area contributed by atoms with Gasteiger partial charge in [-0.15, -0.1) is 0 Å². The van der Waals surface area contributed by atoms with Gasteiger partial charge in [0.15, 0.2) is 0 Å². The number of carbonyl (C=O) groups excluding carboxylic acids is 1. The Balaban J connectivity index is 2.39. The van der Waals surface area contributed by atoms with Gasteiger partial charge in [0.2, 0.25) is 5.91 Å². The van der Waals surface area contributed by atoms with Crippen molar-refractivity contribution in [2.75, 3.05) is 13.7 Å². The van der Waals surface area contributed by atoms with E-state index in [9.17, 15) is 14.7 Å². The summed E-state index contributed by atoms with van der Waals surface area (Å²) in [7, 11) is 1.61. The van der Waals surface area contributed by atoms with Gasteiger partial charge < -0.3 is 14.7 Å². The maximum Gasteiger partial charge on any atom is 0.333 e. The Morgan fingerprint density at radius 3 is 2.76 bits per heavy atom. The first-order valence-electron chi connectivity index (χ1n) is 8.27. The summed E-state index contributed by atoms with van der Waals surface area (Å²) in [6, 6.07) is 3.32. The summed E-state index contributed by atoms with van der Waals surface area (Å²) >= 11 is 5.80. The molecule has 0 fully saturated rings. The van der Waals surface area contributed by atoms with Crippen molar-refractivity contribution in [3.63, 3.8) is 0 Å². The molecule has 1 aliphatic rings. The number of amides is 1.